The van der Waals surface area contributed by atoms with Gasteiger partial charge in [-0.25, -0.2) is 15.0 Å². The van der Waals surface area contributed by atoms with Gasteiger partial charge in [-0.05, 0) is 114 Å². The van der Waals surface area contributed by atoms with E-state index in [9.17, 15) is 10.5 Å². The zero-order valence-corrected chi connectivity index (χ0v) is 35.6. The molecule has 11 rings (SSSR count). The van der Waals surface area contributed by atoms with Crippen LogP contribution < -0.4 is 0 Å². The number of nitrogens with zero attached hydrogens (tertiary/aromatic N) is 5. The second-order valence-electron chi connectivity index (χ2n) is 16.2. The molecule has 1 heterocycles. The van der Waals surface area contributed by atoms with Crippen LogP contribution in [0.15, 0.2) is 224 Å². The largest absolute Gasteiger partial charge is 0.208 e. The molecule has 0 bridgehead atoms. The van der Waals surface area contributed by atoms with Crippen molar-refractivity contribution in [2.24, 2.45) is 0 Å². The summed E-state index contributed by atoms with van der Waals surface area (Å²) < 4.78 is 0. The highest BCUT2D eigenvalue weighted by molar-refractivity contribution is 6.08. The fraction of sp³-hybridized carbons (Fsp3) is 0. The minimum atomic E-state index is 0.471. The maximum atomic E-state index is 10.3. The van der Waals surface area contributed by atoms with E-state index < -0.39 is 0 Å². The summed E-state index contributed by atoms with van der Waals surface area (Å²) in [4.78, 5) is 15.1. The van der Waals surface area contributed by atoms with E-state index in [1.54, 1.807) is 0 Å². The molecule has 11 aromatic rings. The first-order valence-corrected chi connectivity index (χ1v) is 21.8. The van der Waals surface area contributed by atoms with Crippen LogP contribution in [0.4, 0.5) is 0 Å². The molecule has 5 heteroatoms. The number of hydrogen-bond acceptors (Lipinski definition) is 5. The summed E-state index contributed by atoms with van der Waals surface area (Å²) in [5, 5.41) is 25.4. The van der Waals surface area contributed by atoms with E-state index in [1.165, 1.54) is 21.5 Å². The van der Waals surface area contributed by atoms with Crippen molar-refractivity contribution < 1.29 is 0 Å². The summed E-state index contributed by atoms with van der Waals surface area (Å²) >= 11 is 0. The van der Waals surface area contributed by atoms with Crippen molar-refractivity contribution in [2.45, 2.75) is 0 Å². The van der Waals surface area contributed by atoms with E-state index in [0.29, 0.717) is 28.6 Å². The molecule has 0 aliphatic rings. The fourth-order valence-electron chi connectivity index (χ4n) is 8.85. The van der Waals surface area contributed by atoms with Crippen LogP contribution in [-0.2, 0) is 0 Å². The van der Waals surface area contributed by atoms with Gasteiger partial charge < -0.3 is 0 Å². The Morgan fingerprint density at radius 3 is 1.53 bits per heavy atom. The van der Waals surface area contributed by atoms with Crippen molar-refractivity contribution in [3.05, 3.63) is 236 Å². The van der Waals surface area contributed by atoms with Gasteiger partial charge in [-0.3, -0.25) is 0 Å². The van der Waals surface area contributed by atoms with Gasteiger partial charge in [-0.1, -0.05) is 188 Å². The quantitative estimate of drug-likeness (QED) is 0.142. The van der Waals surface area contributed by atoms with E-state index in [0.717, 1.165) is 72.3 Å². The molecule has 0 N–H and O–H groups in total. The van der Waals surface area contributed by atoms with E-state index >= 15 is 0 Å². The van der Waals surface area contributed by atoms with Gasteiger partial charge in [0.05, 0.1) is 23.3 Å². The molecule has 10 aromatic carbocycles. The molecule has 0 amide bonds. The molecule has 0 aliphatic carbocycles. The summed E-state index contributed by atoms with van der Waals surface area (Å²) in [5.74, 6) is 1.52. The van der Waals surface area contributed by atoms with Gasteiger partial charge in [0.25, 0.3) is 0 Å². The van der Waals surface area contributed by atoms with Gasteiger partial charge in [0.2, 0.25) is 0 Å². The second-order valence-corrected chi connectivity index (χ2v) is 16.2. The second kappa shape index (κ2) is 17.1. The van der Waals surface area contributed by atoms with Gasteiger partial charge >= 0.3 is 0 Å². The van der Waals surface area contributed by atoms with Gasteiger partial charge in [-0.15, -0.1) is 0 Å². The van der Waals surface area contributed by atoms with Crippen LogP contribution in [0.3, 0.4) is 0 Å². The highest BCUT2D eigenvalue weighted by Gasteiger charge is 2.18. The van der Waals surface area contributed by atoms with Crippen LogP contribution in [0.2, 0.25) is 0 Å². The fourth-order valence-corrected chi connectivity index (χ4v) is 8.85. The Morgan fingerprint density at radius 2 is 0.788 bits per heavy atom. The maximum absolute atomic E-state index is 10.3. The summed E-state index contributed by atoms with van der Waals surface area (Å²) in [6.07, 6.45) is 0. The lowest BCUT2D eigenvalue weighted by molar-refractivity contribution is 1.07. The molecule has 1 aromatic heterocycles. The standard InChI is InChI=1S/C61H37N5/c62-38-40-32-51(42-24-22-41(23-25-42)48-29-28-45-27-26-44-14-7-8-19-55(44)58(45)37-48)36-52(33-40)47-17-11-18-49(34-47)56-20-9-10-21-57(56)61-65-59(46-15-5-2-6-16-46)64-60(66-61)50-30-31-54(53(35-50)39-63)43-12-3-1-4-13-43/h1-37H. The third kappa shape index (κ3) is 7.64. The Labute approximate surface area is 382 Å². The lowest BCUT2D eigenvalue weighted by atomic mass is 9.92. The van der Waals surface area contributed by atoms with Crippen molar-refractivity contribution in [3.8, 4) is 102 Å². The maximum Gasteiger partial charge on any atom is 0.164 e. The van der Waals surface area contributed by atoms with Crippen LogP contribution in [0.5, 0.6) is 0 Å². The molecule has 0 radical (unpaired) electrons. The van der Waals surface area contributed by atoms with Crippen molar-refractivity contribution in [1.82, 2.24) is 15.0 Å². The van der Waals surface area contributed by atoms with Gasteiger partial charge in [0.15, 0.2) is 17.5 Å². The van der Waals surface area contributed by atoms with Gasteiger partial charge in [-0.2, -0.15) is 10.5 Å². The van der Waals surface area contributed by atoms with Gasteiger partial charge in [0.1, 0.15) is 0 Å². The first-order chi connectivity index (χ1) is 32.6. The van der Waals surface area contributed by atoms with Crippen molar-refractivity contribution in [3.63, 3.8) is 0 Å². The minimum Gasteiger partial charge on any atom is -0.208 e. The average Bonchev–Trinajstić information content (AvgIpc) is 3.40. The molecule has 0 aliphatic heterocycles. The topological polar surface area (TPSA) is 86.2 Å². The van der Waals surface area contributed by atoms with Crippen LogP contribution in [0, 0.1) is 22.7 Å². The van der Waals surface area contributed by atoms with Crippen molar-refractivity contribution in [2.75, 3.05) is 0 Å². The molecule has 5 nitrogen and oxygen atoms in total. The first-order valence-electron chi connectivity index (χ1n) is 21.8. The zero-order valence-electron chi connectivity index (χ0n) is 35.6. The molecular formula is C61H37N5. The highest BCUT2D eigenvalue weighted by Crippen LogP contribution is 2.37. The number of fused-ring (bicyclic) bond motifs is 3. The smallest absolute Gasteiger partial charge is 0.164 e. The monoisotopic (exact) mass is 839 g/mol. The van der Waals surface area contributed by atoms with E-state index in [1.807, 2.05) is 115 Å². The molecule has 0 spiro atoms. The summed E-state index contributed by atoms with van der Waals surface area (Å²) in [5.41, 5.74) is 13.5. The van der Waals surface area contributed by atoms with Crippen LogP contribution in [0.25, 0.3) is 111 Å². The normalized spacial score (nSPS) is 11.0. The molecule has 0 saturated carbocycles. The minimum absolute atomic E-state index is 0.471. The Bertz CT molecular complexity index is 3710. The van der Waals surface area contributed by atoms with E-state index in [-0.39, 0.29) is 0 Å². The SMILES string of the molecule is N#Cc1cc(-c2ccc(-c3ccc4ccc5ccccc5c4c3)cc2)cc(-c2cccc(-c3ccccc3-c3nc(-c4ccccc4)nc(-c4ccc(-c5ccccc5)c(C#N)c4)n3)c2)c1. The molecule has 0 saturated heterocycles. The lowest BCUT2D eigenvalue weighted by Crippen LogP contribution is -2.01. The Kier molecular flexibility index (Phi) is 10.3. The molecule has 306 valence electrons. The molecule has 0 fully saturated rings. The van der Waals surface area contributed by atoms with Crippen molar-refractivity contribution in [1.29, 1.82) is 10.5 Å². The average molecular weight is 840 g/mol. The number of nitriles is 2. The zero-order chi connectivity index (χ0) is 44.4. The number of aromatic nitrogens is 3. The summed E-state index contributed by atoms with van der Waals surface area (Å²) in [7, 11) is 0. The Morgan fingerprint density at radius 1 is 0.273 bits per heavy atom. The summed E-state index contributed by atoms with van der Waals surface area (Å²) in [6, 6.07) is 81.1. The predicted octanol–water partition coefficient (Wildman–Crippen LogP) is 15.3. The Hall–Kier alpha value is -9.29. The van der Waals surface area contributed by atoms with Crippen LogP contribution in [0.1, 0.15) is 11.1 Å². The van der Waals surface area contributed by atoms with Crippen LogP contribution in [-0.4, -0.2) is 15.0 Å². The van der Waals surface area contributed by atoms with E-state index in [2.05, 4.69) is 121 Å². The number of benzene rings is 10. The van der Waals surface area contributed by atoms with Crippen LogP contribution >= 0.6 is 0 Å². The van der Waals surface area contributed by atoms with E-state index in [4.69, 9.17) is 15.0 Å². The predicted molar refractivity (Wildman–Crippen MR) is 268 cm³/mol. The third-order valence-electron chi connectivity index (χ3n) is 12.2. The molecular weight excluding hydrogens is 803 g/mol. The lowest BCUT2D eigenvalue weighted by Gasteiger charge is -2.14. The summed E-state index contributed by atoms with van der Waals surface area (Å²) in [6.45, 7) is 0. The number of rotatable bonds is 8. The van der Waals surface area contributed by atoms with Gasteiger partial charge in [0, 0.05) is 16.7 Å². The number of hydrogen-bond donors (Lipinski definition) is 0. The molecule has 66 heavy (non-hydrogen) atoms. The molecule has 0 atom stereocenters. The highest BCUT2D eigenvalue weighted by atomic mass is 15.0. The Balaban J connectivity index is 0.952. The van der Waals surface area contributed by atoms with Crippen molar-refractivity contribution >= 4 is 21.5 Å². The molecule has 0 unspecified atom stereocenters. The third-order valence-corrected chi connectivity index (χ3v) is 12.2. The first kappa shape index (κ1) is 39.5.